The van der Waals surface area contributed by atoms with Gasteiger partial charge >= 0.3 is 6.03 Å². The van der Waals surface area contributed by atoms with Crippen LogP contribution in [-0.2, 0) is 16.4 Å². The van der Waals surface area contributed by atoms with E-state index in [-0.39, 0.29) is 17.5 Å². The van der Waals surface area contributed by atoms with E-state index >= 15 is 0 Å². The van der Waals surface area contributed by atoms with Gasteiger partial charge in [0.05, 0.1) is 4.90 Å². The number of benzene rings is 2. The lowest BCUT2D eigenvalue weighted by molar-refractivity contribution is 0.101. The van der Waals surface area contributed by atoms with E-state index in [9.17, 15) is 18.0 Å². The van der Waals surface area contributed by atoms with E-state index in [2.05, 4.69) is 41.3 Å². The summed E-state index contributed by atoms with van der Waals surface area (Å²) in [6.45, 7) is 8.30. The standard InChI is InChI=1S/C26H32N4O4S/c1-5-13-29(15-12-27-26(32)30-14-11-25(28-30)20(3)31)18-23-10-9-22(16-19(23)2)21-7-6-8-24(17-21)35(4,33)34/h6-11,14,16-17H,5,12-13,15,18H2,1-4H3,(H,27,32). The molecule has 0 radical (unpaired) electrons. The average molecular weight is 497 g/mol. The topological polar surface area (TPSA) is 101 Å². The molecule has 1 N–H and O–H groups in total. The summed E-state index contributed by atoms with van der Waals surface area (Å²) in [6, 6.07) is 14.3. The van der Waals surface area contributed by atoms with Crippen LogP contribution in [0.4, 0.5) is 4.79 Å². The highest BCUT2D eigenvalue weighted by Gasteiger charge is 2.13. The van der Waals surface area contributed by atoms with E-state index in [1.54, 1.807) is 18.2 Å². The van der Waals surface area contributed by atoms with Gasteiger partial charge in [-0.1, -0.05) is 37.3 Å². The van der Waals surface area contributed by atoms with E-state index in [1.165, 1.54) is 31.0 Å². The summed E-state index contributed by atoms with van der Waals surface area (Å²) in [5.41, 5.74) is 4.38. The van der Waals surface area contributed by atoms with Crippen LogP contribution in [0.2, 0.25) is 0 Å². The Kier molecular flexibility index (Phi) is 8.58. The number of nitrogens with zero attached hydrogens (tertiary/aromatic N) is 3. The zero-order chi connectivity index (χ0) is 25.6. The Hall–Kier alpha value is -3.30. The number of rotatable bonds is 10. The van der Waals surface area contributed by atoms with Crippen molar-refractivity contribution >= 4 is 21.7 Å². The normalized spacial score (nSPS) is 11.6. The van der Waals surface area contributed by atoms with Crippen LogP contribution in [0.1, 0.15) is 41.9 Å². The molecule has 1 aromatic heterocycles. The molecule has 186 valence electrons. The number of Topliss-reactive ketones (excluding diaryl/α,β-unsaturated/α-hetero) is 1. The van der Waals surface area contributed by atoms with Crippen LogP contribution in [0, 0.1) is 6.92 Å². The first-order valence-electron chi connectivity index (χ1n) is 11.6. The Bertz CT molecular complexity index is 1310. The Morgan fingerprint density at radius 1 is 1.06 bits per heavy atom. The number of nitrogens with one attached hydrogen (secondary N) is 1. The van der Waals surface area contributed by atoms with E-state index in [1.807, 2.05) is 12.1 Å². The number of carbonyl (C=O) groups excluding carboxylic acids is 2. The van der Waals surface area contributed by atoms with Gasteiger partial charge in [0.15, 0.2) is 15.6 Å². The molecule has 0 bridgehead atoms. The Morgan fingerprint density at radius 3 is 2.43 bits per heavy atom. The van der Waals surface area contributed by atoms with Gasteiger partial charge in [-0.3, -0.25) is 9.69 Å². The highest BCUT2D eigenvalue weighted by atomic mass is 32.2. The highest BCUT2D eigenvalue weighted by molar-refractivity contribution is 7.90. The molecule has 0 atom stereocenters. The van der Waals surface area contributed by atoms with E-state index < -0.39 is 9.84 Å². The van der Waals surface area contributed by atoms with Crippen molar-refractivity contribution in [2.45, 2.75) is 38.6 Å². The third-order valence-corrected chi connectivity index (χ3v) is 6.84. The number of aryl methyl sites for hydroxylation is 1. The molecule has 0 fully saturated rings. The molecule has 35 heavy (non-hydrogen) atoms. The molecule has 3 rings (SSSR count). The molecule has 0 saturated carbocycles. The minimum absolute atomic E-state index is 0.185. The van der Waals surface area contributed by atoms with Crippen molar-refractivity contribution in [3.05, 3.63) is 71.5 Å². The number of sulfone groups is 1. The van der Waals surface area contributed by atoms with Crippen LogP contribution in [0.25, 0.3) is 11.1 Å². The fraction of sp³-hybridized carbons (Fsp3) is 0.346. The van der Waals surface area contributed by atoms with Gasteiger partial charge in [0.2, 0.25) is 0 Å². The van der Waals surface area contributed by atoms with Crippen LogP contribution < -0.4 is 5.32 Å². The molecule has 3 aromatic rings. The molecule has 2 aromatic carbocycles. The molecule has 0 aliphatic rings. The lowest BCUT2D eigenvalue weighted by Crippen LogP contribution is -2.37. The number of carbonyl (C=O) groups is 2. The van der Waals surface area contributed by atoms with Crippen molar-refractivity contribution in [2.75, 3.05) is 25.9 Å². The summed E-state index contributed by atoms with van der Waals surface area (Å²) in [5, 5.41) is 6.83. The smallest absolute Gasteiger partial charge is 0.335 e. The van der Waals surface area contributed by atoms with Gasteiger partial charge in [-0.2, -0.15) is 9.78 Å². The first kappa shape index (κ1) is 26.3. The van der Waals surface area contributed by atoms with Crippen LogP contribution in [0.3, 0.4) is 0 Å². The largest absolute Gasteiger partial charge is 0.342 e. The van der Waals surface area contributed by atoms with Crippen molar-refractivity contribution in [1.29, 1.82) is 0 Å². The first-order chi connectivity index (χ1) is 16.6. The summed E-state index contributed by atoms with van der Waals surface area (Å²) in [5.74, 6) is -0.185. The minimum atomic E-state index is -3.27. The molecule has 8 nitrogen and oxygen atoms in total. The van der Waals surface area contributed by atoms with Gasteiger partial charge in [-0.15, -0.1) is 0 Å². The number of ketones is 1. The van der Waals surface area contributed by atoms with Crippen LogP contribution in [-0.4, -0.2) is 60.8 Å². The molecule has 0 aliphatic heterocycles. The Morgan fingerprint density at radius 2 is 1.80 bits per heavy atom. The van der Waals surface area contributed by atoms with E-state index in [0.29, 0.717) is 18.0 Å². The van der Waals surface area contributed by atoms with Gasteiger partial charge in [-0.25, -0.2) is 13.2 Å². The predicted octanol–water partition coefficient (Wildman–Crippen LogP) is 3.93. The second-order valence-corrected chi connectivity index (χ2v) is 10.7. The number of hydrogen-bond donors (Lipinski definition) is 1. The molecule has 0 aliphatic carbocycles. The van der Waals surface area contributed by atoms with Crippen molar-refractivity contribution in [3.63, 3.8) is 0 Å². The quantitative estimate of drug-likeness (QED) is 0.427. The Balaban J connectivity index is 1.64. The molecule has 1 heterocycles. The van der Waals surface area contributed by atoms with Crippen LogP contribution in [0.15, 0.2) is 59.6 Å². The molecule has 0 spiro atoms. The van der Waals surface area contributed by atoms with Gasteiger partial charge < -0.3 is 5.32 Å². The zero-order valence-corrected chi connectivity index (χ0v) is 21.4. The third-order valence-electron chi connectivity index (χ3n) is 5.73. The fourth-order valence-corrected chi connectivity index (χ4v) is 4.48. The second kappa shape index (κ2) is 11.4. The number of hydrogen-bond acceptors (Lipinski definition) is 6. The highest BCUT2D eigenvalue weighted by Crippen LogP contribution is 2.25. The van der Waals surface area contributed by atoms with Crippen molar-refractivity contribution in [2.24, 2.45) is 0 Å². The fourth-order valence-electron chi connectivity index (χ4n) is 3.81. The molecular weight excluding hydrogens is 464 g/mol. The first-order valence-corrected chi connectivity index (χ1v) is 13.4. The number of aromatic nitrogens is 2. The SMILES string of the molecule is CCCN(CCNC(=O)n1ccc(C(C)=O)n1)Cc1ccc(-c2cccc(S(C)(=O)=O)c2)cc1C. The number of amides is 1. The van der Waals surface area contributed by atoms with Gasteiger partial charge in [0, 0.05) is 39.0 Å². The average Bonchev–Trinajstić information content (AvgIpc) is 3.31. The van der Waals surface area contributed by atoms with Gasteiger partial charge in [-0.05, 0) is 60.3 Å². The Labute approximate surface area is 206 Å². The maximum atomic E-state index is 12.3. The maximum Gasteiger partial charge on any atom is 0.342 e. The summed E-state index contributed by atoms with van der Waals surface area (Å²) in [4.78, 5) is 26.3. The van der Waals surface area contributed by atoms with E-state index in [0.717, 1.165) is 40.9 Å². The van der Waals surface area contributed by atoms with Crippen molar-refractivity contribution in [1.82, 2.24) is 20.0 Å². The zero-order valence-electron chi connectivity index (χ0n) is 20.6. The predicted molar refractivity (Wildman–Crippen MR) is 136 cm³/mol. The lowest BCUT2D eigenvalue weighted by atomic mass is 9.99. The molecule has 1 amide bonds. The van der Waals surface area contributed by atoms with Crippen molar-refractivity contribution in [3.8, 4) is 11.1 Å². The minimum Gasteiger partial charge on any atom is -0.335 e. The van der Waals surface area contributed by atoms with Gasteiger partial charge in [0.25, 0.3) is 0 Å². The maximum absolute atomic E-state index is 12.3. The molecule has 0 saturated heterocycles. The van der Waals surface area contributed by atoms with Crippen LogP contribution in [0.5, 0.6) is 0 Å². The van der Waals surface area contributed by atoms with Crippen LogP contribution >= 0.6 is 0 Å². The third kappa shape index (κ3) is 7.10. The van der Waals surface area contributed by atoms with Crippen molar-refractivity contribution < 1.29 is 18.0 Å². The van der Waals surface area contributed by atoms with E-state index in [4.69, 9.17) is 0 Å². The molecule has 9 heteroatoms. The lowest BCUT2D eigenvalue weighted by Gasteiger charge is -2.23. The summed E-state index contributed by atoms with van der Waals surface area (Å²) >= 11 is 0. The molecular formula is C26H32N4O4S. The summed E-state index contributed by atoms with van der Waals surface area (Å²) in [6.07, 6.45) is 3.67. The monoisotopic (exact) mass is 496 g/mol. The molecule has 0 unspecified atom stereocenters. The summed E-state index contributed by atoms with van der Waals surface area (Å²) in [7, 11) is -3.27. The summed E-state index contributed by atoms with van der Waals surface area (Å²) < 4.78 is 25.0. The second-order valence-electron chi connectivity index (χ2n) is 8.65. The van der Waals surface area contributed by atoms with Gasteiger partial charge in [0.1, 0.15) is 5.69 Å².